The van der Waals surface area contributed by atoms with Crippen molar-refractivity contribution in [2.75, 3.05) is 25.2 Å². The molecule has 2 atom stereocenters. The molecule has 0 heterocycles. The molecule has 0 amide bonds. The lowest BCUT2D eigenvalue weighted by atomic mass is 9.85. The second kappa shape index (κ2) is 7.36. The van der Waals surface area contributed by atoms with Gasteiger partial charge in [0, 0.05) is 35.5 Å². The highest BCUT2D eigenvalue weighted by Crippen LogP contribution is 2.25. The van der Waals surface area contributed by atoms with Crippen LogP contribution in [-0.4, -0.2) is 35.5 Å². The van der Waals surface area contributed by atoms with Crippen molar-refractivity contribution in [3.8, 4) is 0 Å². The minimum Gasteiger partial charge on any atom is -0.384 e. The van der Waals surface area contributed by atoms with Crippen LogP contribution in [0.3, 0.4) is 0 Å². The molecule has 0 aromatic rings. The quantitative estimate of drug-likeness (QED) is 0.752. The lowest BCUT2D eigenvalue weighted by molar-refractivity contribution is 0.218. The van der Waals surface area contributed by atoms with Gasteiger partial charge in [0.15, 0.2) is 0 Å². The number of hydrogen-bond donors (Lipinski definition) is 1. The average molecular weight is 233 g/mol. The van der Waals surface area contributed by atoms with Gasteiger partial charge in [0.2, 0.25) is 0 Å². The maximum Gasteiger partial charge on any atom is 0.0577 e. The van der Waals surface area contributed by atoms with Crippen LogP contribution in [0.25, 0.3) is 0 Å². The van der Waals surface area contributed by atoms with Crippen LogP contribution in [0.15, 0.2) is 0 Å². The summed E-state index contributed by atoms with van der Waals surface area (Å²) in [6.07, 6.45) is 6.38. The van der Waals surface area contributed by atoms with E-state index in [1.54, 1.807) is 7.11 Å². The number of methoxy groups -OCH3 is 1. The minimum atomic E-state index is -0.802. The van der Waals surface area contributed by atoms with E-state index in [-0.39, 0.29) is 6.04 Å². The van der Waals surface area contributed by atoms with E-state index in [1.165, 1.54) is 32.1 Å². The lowest BCUT2D eigenvalue weighted by Gasteiger charge is -2.27. The van der Waals surface area contributed by atoms with Crippen LogP contribution < -0.4 is 5.73 Å². The van der Waals surface area contributed by atoms with E-state index in [0.29, 0.717) is 24.0 Å². The van der Waals surface area contributed by atoms with Gasteiger partial charge in [-0.25, -0.2) is 0 Å². The summed E-state index contributed by atoms with van der Waals surface area (Å²) in [5.41, 5.74) is 6.09. The van der Waals surface area contributed by atoms with Gasteiger partial charge in [-0.2, -0.15) is 0 Å². The minimum absolute atomic E-state index is 0.128. The van der Waals surface area contributed by atoms with Crippen molar-refractivity contribution in [3.05, 3.63) is 0 Å². The molecule has 3 nitrogen and oxygen atoms in total. The van der Waals surface area contributed by atoms with Gasteiger partial charge in [-0.3, -0.25) is 4.21 Å². The summed E-state index contributed by atoms with van der Waals surface area (Å²) < 4.78 is 16.5. The summed E-state index contributed by atoms with van der Waals surface area (Å²) >= 11 is 0. The molecule has 1 saturated carbocycles. The fourth-order valence-electron chi connectivity index (χ4n) is 2.17. The zero-order valence-corrected chi connectivity index (χ0v) is 10.4. The molecule has 15 heavy (non-hydrogen) atoms. The Labute approximate surface area is 95.2 Å². The molecule has 1 rings (SSSR count). The first-order valence-corrected chi connectivity index (χ1v) is 7.32. The van der Waals surface area contributed by atoms with Crippen LogP contribution in [0.4, 0.5) is 0 Å². The maximum atomic E-state index is 11.6. The van der Waals surface area contributed by atoms with Gasteiger partial charge in [-0.15, -0.1) is 0 Å². The number of nitrogens with two attached hydrogens (primary N) is 1. The van der Waals surface area contributed by atoms with Crippen LogP contribution in [0.1, 0.15) is 32.1 Å². The molecule has 0 aliphatic heterocycles. The number of hydrogen-bond acceptors (Lipinski definition) is 3. The molecular weight excluding hydrogens is 210 g/mol. The summed E-state index contributed by atoms with van der Waals surface area (Å²) in [5.74, 6) is 1.87. The molecule has 1 fully saturated rings. The van der Waals surface area contributed by atoms with Crippen molar-refractivity contribution in [2.45, 2.75) is 38.1 Å². The molecule has 0 bridgehead atoms. The fraction of sp³-hybridized carbons (Fsp3) is 1.00. The van der Waals surface area contributed by atoms with E-state index in [1.807, 2.05) is 0 Å². The van der Waals surface area contributed by atoms with Crippen molar-refractivity contribution in [1.29, 1.82) is 0 Å². The van der Waals surface area contributed by atoms with Gasteiger partial charge >= 0.3 is 0 Å². The summed E-state index contributed by atoms with van der Waals surface area (Å²) in [6, 6.07) is 0.128. The summed E-state index contributed by atoms with van der Waals surface area (Å²) in [5, 5.41) is 0. The molecular formula is C11H23NO2S. The van der Waals surface area contributed by atoms with Crippen molar-refractivity contribution >= 4 is 10.8 Å². The average Bonchev–Trinajstić information content (AvgIpc) is 2.27. The first kappa shape index (κ1) is 13.1. The molecule has 1 aliphatic rings. The highest BCUT2D eigenvalue weighted by molar-refractivity contribution is 7.85. The van der Waals surface area contributed by atoms with Gasteiger partial charge in [-0.05, 0) is 18.8 Å². The highest BCUT2D eigenvalue weighted by atomic mass is 32.2. The standard InChI is InChI=1S/C11H23NO2S/c1-14-7-8-15(13)9-11(12)10-5-3-2-4-6-10/h10-11H,2-9,12H2,1H3. The zero-order chi connectivity index (χ0) is 11.1. The van der Waals surface area contributed by atoms with E-state index in [2.05, 4.69) is 0 Å². The number of rotatable bonds is 6. The van der Waals surface area contributed by atoms with Crippen LogP contribution in [0, 0.1) is 5.92 Å². The van der Waals surface area contributed by atoms with Crippen LogP contribution in [0.2, 0.25) is 0 Å². The van der Waals surface area contributed by atoms with Gasteiger partial charge < -0.3 is 10.5 Å². The molecule has 0 aromatic heterocycles. The summed E-state index contributed by atoms with van der Waals surface area (Å²) in [6.45, 7) is 0.573. The van der Waals surface area contributed by atoms with Crippen molar-refractivity contribution in [1.82, 2.24) is 0 Å². The molecule has 90 valence electrons. The highest BCUT2D eigenvalue weighted by Gasteiger charge is 2.21. The van der Waals surface area contributed by atoms with E-state index in [9.17, 15) is 4.21 Å². The molecule has 4 heteroatoms. The van der Waals surface area contributed by atoms with E-state index < -0.39 is 10.8 Å². The summed E-state index contributed by atoms with van der Waals surface area (Å²) in [4.78, 5) is 0. The van der Waals surface area contributed by atoms with Crippen LogP contribution in [0.5, 0.6) is 0 Å². The Morgan fingerprint density at radius 1 is 1.40 bits per heavy atom. The van der Waals surface area contributed by atoms with Crippen molar-refractivity contribution in [3.63, 3.8) is 0 Å². The van der Waals surface area contributed by atoms with Gasteiger partial charge in [0.25, 0.3) is 0 Å². The molecule has 0 radical (unpaired) electrons. The van der Waals surface area contributed by atoms with Crippen molar-refractivity contribution in [2.24, 2.45) is 11.7 Å². The Morgan fingerprint density at radius 3 is 2.67 bits per heavy atom. The Balaban J connectivity index is 2.21. The van der Waals surface area contributed by atoms with Crippen molar-refractivity contribution < 1.29 is 8.95 Å². The normalized spacial score (nSPS) is 22.5. The third-order valence-electron chi connectivity index (χ3n) is 3.15. The predicted octanol–water partition coefficient (Wildman–Crippen LogP) is 1.29. The first-order valence-electron chi connectivity index (χ1n) is 5.83. The smallest absolute Gasteiger partial charge is 0.0577 e. The monoisotopic (exact) mass is 233 g/mol. The third kappa shape index (κ3) is 5.09. The molecule has 1 aliphatic carbocycles. The second-order valence-corrected chi connectivity index (χ2v) is 5.99. The van der Waals surface area contributed by atoms with Gasteiger partial charge in [0.1, 0.15) is 0 Å². The van der Waals surface area contributed by atoms with E-state index in [4.69, 9.17) is 10.5 Å². The third-order valence-corrected chi connectivity index (χ3v) is 4.53. The SMILES string of the molecule is COCCS(=O)CC(N)C1CCCCC1. The Kier molecular flexibility index (Phi) is 6.45. The van der Waals surface area contributed by atoms with E-state index in [0.717, 1.165) is 0 Å². The first-order chi connectivity index (χ1) is 7.24. The predicted molar refractivity (Wildman–Crippen MR) is 64.3 cm³/mol. The number of ether oxygens (including phenoxy) is 1. The van der Waals surface area contributed by atoms with Gasteiger partial charge in [0.05, 0.1) is 6.61 Å². The lowest BCUT2D eigenvalue weighted by Crippen LogP contribution is -2.37. The Bertz CT molecular complexity index is 193. The van der Waals surface area contributed by atoms with Crippen LogP contribution in [-0.2, 0) is 15.5 Å². The molecule has 2 unspecified atom stereocenters. The molecule has 0 aromatic carbocycles. The van der Waals surface area contributed by atoms with Gasteiger partial charge in [-0.1, -0.05) is 19.3 Å². The van der Waals surface area contributed by atoms with E-state index >= 15 is 0 Å². The Morgan fingerprint density at radius 2 is 2.07 bits per heavy atom. The van der Waals surface area contributed by atoms with Crippen LogP contribution >= 0.6 is 0 Å². The Hall–Kier alpha value is 0.0700. The molecule has 0 saturated heterocycles. The fourth-order valence-corrected chi connectivity index (χ4v) is 3.39. The maximum absolute atomic E-state index is 11.6. The topological polar surface area (TPSA) is 52.3 Å². The zero-order valence-electron chi connectivity index (χ0n) is 9.61. The molecule has 2 N–H and O–H groups in total. The second-order valence-electron chi connectivity index (χ2n) is 4.37. The molecule has 0 spiro atoms. The largest absolute Gasteiger partial charge is 0.384 e. The summed E-state index contributed by atoms with van der Waals surface area (Å²) in [7, 11) is 0.835.